The first-order valence-corrected chi connectivity index (χ1v) is 3.79. The molecule has 0 radical (unpaired) electrons. The number of aliphatic carboxylic acids is 2. The van der Waals surface area contributed by atoms with Crippen molar-refractivity contribution in [2.45, 2.75) is 6.42 Å². The van der Waals surface area contributed by atoms with Crippen LogP contribution in [0.5, 0.6) is 0 Å². The molecule has 1 aliphatic rings. The van der Waals surface area contributed by atoms with Crippen LogP contribution in [0.1, 0.15) is 6.42 Å². The van der Waals surface area contributed by atoms with Gasteiger partial charge >= 0.3 is 11.9 Å². The number of carbonyl (C=O) groups is 2. The maximum absolute atomic E-state index is 10.7. The van der Waals surface area contributed by atoms with Gasteiger partial charge in [-0.05, 0) is 12.5 Å². The predicted octanol–water partition coefficient (Wildman–Crippen LogP) is 0.552. The molecule has 0 aliphatic heterocycles. The fourth-order valence-corrected chi connectivity index (χ4v) is 1.09. The molecule has 14 heavy (non-hydrogen) atoms. The molecule has 1 aliphatic carbocycles. The van der Waals surface area contributed by atoms with Crippen molar-refractivity contribution in [2.24, 2.45) is 5.41 Å². The van der Waals surface area contributed by atoms with E-state index in [1.165, 1.54) is 6.08 Å². The molecule has 0 amide bonds. The number of rotatable bonds is 2. The van der Waals surface area contributed by atoms with Gasteiger partial charge in [-0.2, -0.15) is 5.26 Å². The van der Waals surface area contributed by atoms with Crippen molar-refractivity contribution >= 4 is 11.9 Å². The van der Waals surface area contributed by atoms with E-state index >= 15 is 0 Å². The van der Waals surface area contributed by atoms with Crippen molar-refractivity contribution in [1.29, 1.82) is 5.26 Å². The average molecular weight is 193 g/mol. The molecular weight excluding hydrogens is 186 g/mol. The first-order valence-electron chi connectivity index (χ1n) is 3.79. The van der Waals surface area contributed by atoms with E-state index in [-0.39, 0.29) is 12.0 Å². The Balaban J connectivity index is 2.98. The molecular formula is C9H7NO4. The topological polar surface area (TPSA) is 98.4 Å². The lowest BCUT2D eigenvalue weighted by atomic mass is 9.81. The minimum Gasteiger partial charge on any atom is -0.480 e. The highest BCUT2D eigenvalue weighted by molar-refractivity contribution is 5.92. The van der Waals surface area contributed by atoms with Crippen LogP contribution in [0.15, 0.2) is 23.8 Å². The fraction of sp³-hybridized carbons (Fsp3) is 0.222. The van der Waals surface area contributed by atoms with Crippen molar-refractivity contribution in [3.8, 4) is 6.07 Å². The minimum atomic E-state index is -1.61. The van der Waals surface area contributed by atoms with Crippen LogP contribution in [0.25, 0.3) is 0 Å². The summed E-state index contributed by atoms with van der Waals surface area (Å²) in [5, 5.41) is 26.0. The molecule has 0 heterocycles. The van der Waals surface area contributed by atoms with Crippen LogP contribution in [0.2, 0.25) is 0 Å². The molecule has 5 heteroatoms. The number of allylic oxidation sites excluding steroid dienone is 1. The second kappa shape index (κ2) is 3.34. The maximum atomic E-state index is 10.7. The molecule has 2 N–H and O–H groups in total. The van der Waals surface area contributed by atoms with E-state index in [4.69, 9.17) is 15.5 Å². The Bertz CT molecular complexity index is 388. The molecule has 0 bridgehead atoms. The first-order chi connectivity index (χ1) is 6.52. The highest BCUT2D eigenvalue weighted by atomic mass is 16.4. The lowest BCUT2D eigenvalue weighted by Gasteiger charge is -2.18. The van der Waals surface area contributed by atoms with Gasteiger partial charge in [0.1, 0.15) is 0 Å². The Morgan fingerprint density at radius 1 is 1.50 bits per heavy atom. The van der Waals surface area contributed by atoms with Gasteiger partial charge in [-0.3, -0.25) is 4.79 Å². The SMILES string of the molecule is N#CC1(C(=O)O)C=CC(C(=O)O)=CC1. The number of nitriles is 1. The van der Waals surface area contributed by atoms with Crippen LogP contribution in [0, 0.1) is 16.7 Å². The quantitative estimate of drug-likeness (QED) is 0.667. The summed E-state index contributed by atoms with van der Waals surface area (Å²) in [6, 6.07) is 1.65. The smallest absolute Gasteiger partial charge is 0.335 e. The number of carboxylic acid groups (broad SMARTS) is 2. The van der Waals surface area contributed by atoms with E-state index in [9.17, 15) is 9.59 Å². The van der Waals surface area contributed by atoms with E-state index in [0.717, 1.165) is 12.2 Å². The zero-order valence-corrected chi connectivity index (χ0v) is 7.10. The predicted molar refractivity (Wildman–Crippen MR) is 45.2 cm³/mol. The molecule has 5 nitrogen and oxygen atoms in total. The average Bonchev–Trinajstić information content (AvgIpc) is 2.17. The summed E-state index contributed by atoms with van der Waals surface area (Å²) in [5.74, 6) is -2.39. The Morgan fingerprint density at radius 2 is 2.14 bits per heavy atom. The Morgan fingerprint density at radius 3 is 2.43 bits per heavy atom. The number of carboxylic acids is 2. The largest absolute Gasteiger partial charge is 0.480 e. The summed E-state index contributed by atoms with van der Waals surface area (Å²) >= 11 is 0. The Kier molecular flexibility index (Phi) is 2.38. The van der Waals surface area contributed by atoms with E-state index in [1.54, 1.807) is 6.07 Å². The van der Waals surface area contributed by atoms with Gasteiger partial charge in [0.25, 0.3) is 0 Å². The number of hydrogen-bond acceptors (Lipinski definition) is 3. The zero-order chi connectivity index (χ0) is 10.8. The maximum Gasteiger partial charge on any atom is 0.335 e. The summed E-state index contributed by atoms with van der Waals surface area (Å²) in [7, 11) is 0. The van der Waals surface area contributed by atoms with Crippen LogP contribution in [-0.2, 0) is 9.59 Å². The molecule has 0 aromatic heterocycles. The highest BCUT2D eigenvalue weighted by Gasteiger charge is 2.37. The van der Waals surface area contributed by atoms with Crippen molar-refractivity contribution in [1.82, 2.24) is 0 Å². The summed E-state index contributed by atoms with van der Waals surface area (Å²) < 4.78 is 0. The third kappa shape index (κ3) is 1.50. The number of nitrogens with zero attached hydrogens (tertiary/aromatic N) is 1. The molecule has 0 saturated heterocycles. The van der Waals surface area contributed by atoms with Gasteiger partial charge in [0, 0.05) is 0 Å². The van der Waals surface area contributed by atoms with Crippen molar-refractivity contribution in [3.05, 3.63) is 23.8 Å². The van der Waals surface area contributed by atoms with Crippen LogP contribution >= 0.6 is 0 Å². The standard InChI is InChI=1S/C9H7NO4/c10-5-9(8(13)14)3-1-6(2-4-9)7(11)12/h1-3H,4H2,(H,11,12)(H,13,14). The molecule has 0 spiro atoms. The fourth-order valence-electron chi connectivity index (χ4n) is 1.09. The summed E-state index contributed by atoms with van der Waals surface area (Å²) in [6.45, 7) is 0. The second-order valence-electron chi connectivity index (χ2n) is 2.89. The Labute approximate surface area is 79.6 Å². The van der Waals surface area contributed by atoms with E-state index in [2.05, 4.69) is 0 Å². The van der Waals surface area contributed by atoms with Gasteiger partial charge in [-0.1, -0.05) is 12.2 Å². The van der Waals surface area contributed by atoms with Crippen molar-refractivity contribution < 1.29 is 19.8 Å². The first kappa shape index (κ1) is 9.99. The molecule has 72 valence electrons. The van der Waals surface area contributed by atoms with Gasteiger partial charge in [-0.15, -0.1) is 0 Å². The summed E-state index contributed by atoms with van der Waals surface area (Å²) in [5.41, 5.74) is -1.60. The van der Waals surface area contributed by atoms with E-state index in [0.29, 0.717) is 0 Å². The third-order valence-electron chi connectivity index (χ3n) is 2.02. The highest BCUT2D eigenvalue weighted by Crippen LogP contribution is 2.29. The monoisotopic (exact) mass is 193 g/mol. The lowest BCUT2D eigenvalue weighted by molar-refractivity contribution is -0.143. The minimum absolute atomic E-state index is 0.0112. The lowest BCUT2D eigenvalue weighted by Crippen LogP contribution is -2.28. The molecule has 1 unspecified atom stereocenters. The van der Waals surface area contributed by atoms with Gasteiger partial charge in [0.15, 0.2) is 5.41 Å². The summed E-state index contributed by atoms with van der Waals surface area (Å²) in [6.07, 6.45) is 3.37. The molecule has 0 saturated carbocycles. The molecule has 0 fully saturated rings. The van der Waals surface area contributed by atoms with E-state index in [1.807, 2.05) is 0 Å². The zero-order valence-electron chi connectivity index (χ0n) is 7.10. The van der Waals surface area contributed by atoms with Gasteiger partial charge in [0.05, 0.1) is 11.6 Å². The third-order valence-corrected chi connectivity index (χ3v) is 2.02. The number of hydrogen-bond donors (Lipinski definition) is 2. The van der Waals surface area contributed by atoms with Crippen molar-refractivity contribution in [2.75, 3.05) is 0 Å². The van der Waals surface area contributed by atoms with Gasteiger partial charge in [-0.25, -0.2) is 4.79 Å². The molecule has 0 aromatic carbocycles. The van der Waals surface area contributed by atoms with Crippen LogP contribution in [-0.4, -0.2) is 22.2 Å². The van der Waals surface area contributed by atoms with Crippen LogP contribution in [0.3, 0.4) is 0 Å². The van der Waals surface area contributed by atoms with Crippen LogP contribution < -0.4 is 0 Å². The van der Waals surface area contributed by atoms with Gasteiger partial charge < -0.3 is 10.2 Å². The molecule has 1 rings (SSSR count). The van der Waals surface area contributed by atoms with Crippen molar-refractivity contribution in [3.63, 3.8) is 0 Å². The Hall–Kier alpha value is -2.09. The summed E-state index contributed by atoms with van der Waals surface area (Å²) in [4.78, 5) is 21.2. The normalized spacial score (nSPS) is 24.9. The molecule has 0 aromatic rings. The van der Waals surface area contributed by atoms with E-state index < -0.39 is 17.4 Å². The second-order valence-corrected chi connectivity index (χ2v) is 2.89. The van der Waals surface area contributed by atoms with Gasteiger partial charge in [0.2, 0.25) is 0 Å². The molecule has 1 atom stereocenters. The van der Waals surface area contributed by atoms with Crippen LogP contribution in [0.4, 0.5) is 0 Å².